The summed E-state index contributed by atoms with van der Waals surface area (Å²) in [5, 5.41) is 0. The number of aryl methyl sites for hydroxylation is 1. The average molecular weight is 354 g/mol. The van der Waals surface area contributed by atoms with Gasteiger partial charge in [0.25, 0.3) is 0 Å². The van der Waals surface area contributed by atoms with Gasteiger partial charge in [0.2, 0.25) is 0 Å². The van der Waals surface area contributed by atoms with Crippen LogP contribution in [0.1, 0.15) is 30.9 Å². The quantitative estimate of drug-likeness (QED) is 0.683. The van der Waals surface area contributed by atoms with Crippen molar-refractivity contribution >= 4 is 0 Å². The van der Waals surface area contributed by atoms with Gasteiger partial charge in [0.15, 0.2) is 0 Å². The third-order valence-electron chi connectivity index (χ3n) is 5.34. The van der Waals surface area contributed by atoms with Crippen LogP contribution >= 0.6 is 0 Å². The number of ether oxygens (including phenoxy) is 2. The van der Waals surface area contributed by atoms with E-state index in [1.54, 1.807) is 7.11 Å². The third-order valence-corrected chi connectivity index (χ3v) is 5.34. The molecule has 1 fully saturated rings. The molecule has 2 heterocycles. The Morgan fingerprint density at radius 3 is 2.85 bits per heavy atom. The summed E-state index contributed by atoms with van der Waals surface area (Å²) in [5.41, 5.74) is 2.86. The first-order valence-electron chi connectivity index (χ1n) is 9.55. The molecule has 0 amide bonds. The second kappa shape index (κ2) is 9.15. The number of rotatable bonds is 9. The van der Waals surface area contributed by atoms with E-state index in [0.717, 1.165) is 51.4 Å². The summed E-state index contributed by atoms with van der Waals surface area (Å²) in [6, 6.07) is 12.6. The van der Waals surface area contributed by atoms with Gasteiger partial charge >= 0.3 is 0 Å². The van der Waals surface area contributed by atoms with Gasteiger partial charge in [0.1, 0.15) is 5.75 Å². The van der Waals surface area contributed by atoms with Gasteiger partial charge in [0.05, 0.1) is 13.7 Å². The van der Waals surface area contributed by atoms with Gasteiger partial charge in [-0.15, -0.1) is 0 Å². The Kier molecular flexibility index (Phi) is 6.64. The summed E-state index contributed by atoms with van der Waals surface area (Å²) >= 11 is 0. The summed E-state index contributed by atoms with van der Waals surface area (Å²) < 4.78 is 11.3. The van der Waals surface area contributed by atoms with Crippen molar-refractivity contribution in [2.75, 3.05) is 33.4 Å². The Morgan fingerprint density at radius 1 is 1.19 bits per heavy atom. The molecule has 1 saturated heterocycles. The molecule has 4 nitrogen and oxygen atoms in total. The Hall–Kier alpha value is -1.91. The van der Waals surface area contributed by atoms with Crippen LogP contribution in [-0.2, 0) is 17.7 Å². The van der Waals surface area contributed by atoms with Crippen LogP contribution < -0.4 is 4.74 Å². The fraction of sp³-hybridized carbons (Fsp3) is 0.500. The maximum absolute atomic E-state index is 5.89. The minimum Gasteiger partial charge on any atom is -0.497 e. The predicted octanol–water partition coefficient (Wildman–Crippen LogP) is 3.95. The molecule has 0 saturated carbocycles. The molecule has 1 aliphatic heterocycles. The van der Waals surface area contributed by atoms with E-state index in [1.807, 2.05) is 24.5 Å². The summed E-state index contributed by atoms with van der Waals surface area (Å²) in [7, 11) is 1.73. The Labute approximate surface area is 157 Å². The molecule has 0 N–H and O–H groups in total. The van der Waals surface area contributed by atoms with Crippen LogP contribution in [0.5, 0.6) is 5.75 Å². The van der Waals surface area contributed by atoms with E-state index in [1.165, 1.54) is 17.5 Å². The molecule has 26 heavy (non-hydrogen) atoms. The highest BCUT2D eigenvalue weighted by atomic mass is 16.5. The number of hydrogen-bond donors (Lipinski definition) is 0. The molecule has 4 heteroatoms. The highest BCUT2D eigenvalue weighted by Crippen LogP contribution is 2.36. The van der Waals surface area contributed by atoms with Crippen molar-refractivity contribution < 1.29 is 9.47 Å². The minimum absolute atomic E-state index is 0.237. The molecule has 1 atom stereocenters. The van der Waals surface area contributed by atoms with Crippen molar-refractivity contribution in [3.63, 3.8) is 0 Å². The van der Waals surface area contributed by atoms with E-state index in [-0.39, 0.29) is 5.41 Å². The maximum Gasteiger partial charge on any atom is 0.119 e. The normalized spacial score (nSPS) is 20.4. The van der Waals surface area contributed by atoms with Crippen LogP contribution in [0.15, 0.2) is 48.8 Å². The van der Waals surface area contributed by atoms with Gasteiger partial charge in [-0.2, -0.15) is 0 Å². The summed E-state index contributed by atoms with van der Waals surface area (Å²) in [5.74, 6) is 0.936. The van der Waals surface area contributed by atoms with E-state index < -0.39 is 0 Å². The van der Waals surface area contributed by atoms with Crippen molar-refractivity contribution in [2.45, 2.75) is 32.7 Å². The van der Waals surface area contributed by atoms with Crippen molar-refractivity contribution in [1.82, 2.24) is 9.88 Å². The number of aromatic nitrogens is 1. The van der Waals surface area contributed by atoms with Crippen LogP contribution in [0, 0.1) is 5.41 Å². The van der Waals surface area contributed by atoms with E-state index in [4.69, 9.17) is 9.47 Å². The van der Waals surface area contributed by atoms with Crippen molar-refractivity contribution in [3.05, 3.63) is 59.9 Å². The molecule has 0 spiro atoms. The lowest BCUT2D eigenvalue weighted by atomic mass is 9.82. The van der Waals surface area contributed by atoms with Gasteiger partial charge < -0.3 is 9.47 Å². The molecule has 1 aromatic carbocycles. The zero-order valence-corrected chi connectivity index (χ0v) is 16.0. The molecule has 1 aliphatic rings. The number of pyridine rings is 1. The largest absolute Gasteiger partial charge is 0.497 e. The van der Waals surface area contributed by atoms with E-state index in [0.29, 0.717) is 0 Å². The number of methoxy groups -OCH3 is 1. The monoisotopic (exact) mass is 354 g/mol. The van der Waals surface area contributed by atoms with Crippen LogP contribution in [0.3, 0.4) is 0 Å². The van der Waals surface area contributed by atoms with Gasteiger partial charge in [0, 0.05) is 37.5 Å². The molecule has 1 unspecified atom stereocenters. The van der Waals surface area contributed by atoms with E-state index >= 15 is 0 Å². The Bertz CT molecular complexity index is 677. The summed E-state index contributed by atoms with van der Waals surface area (Å²) in [6.07, 6.45) is 7.20. The molecular weight excluding hydrogens is 324 g/mol. The lowest BCUT2D eigenvalue weighted by Crippen LogP contribution is -2.32. The number of nitrogens with zero attached hydrogens (tertiary/aromatic N) is 2. The van der Waals surface area contributed by atoms with Crippen molar-refractivity contribution in [2.24, 2.45) is 5.41 Å². The van der Waals surface area contributed by atoms with Gasteiger partial charge in [-0.05, 0) is 62.1 Å². The maximum atomic E-state index is 5.89. The SMILES string of the molecule is CCOCC1(CCc2cccc(OC)c2)CCN(Cc2cccnc2)C1. The van der Waals surface area contributed by atoms with Crippen molar-refractivity contribution in [1.29, 1.82) is 0 Å². The first-order valence-corrected chi connectivity index (χ1v) is 9.55. The van der Waals surface area contributed by atoms with E-state index in [2.05, 4.69) is 41.1 Å². The predicted molar refractivity (Wildman–Crippen MR) is 104 cm³/mol. The lowest BCUT2D eigenvalue weighted by Gasteiger charge is -2.29. The molecule has 0 bridgehead atoms. The van der Waals surface area contributed by atoms with E-state index in [9.17, 15) is 0 Å². The first-order chi connectivity index (χ1) is 12.7. The number of likely N-dealkylation sites (tertiary alicyclic amines) is 1. The number of benzene rings is 1. The molecule has 140 valence electrons. The average Bonchev–Trinajstić information content (AvgIpc) is 3.09. The Balaban J connectivity index is 1.63. The van der Waals surface area contributed by atoms with Crippen LogP contribution in [0.4, 0.5) is 0 Å². The standard InChI is InChI=1S/C22H30N2O2/c1-3-26-18-22(10-9-19-6-4-8-21(14-19)25-2)11-13-24(17-22)16-20-7-5-12-23-15-20/h4-8,12,14-15H,3,9-11,13,16-18H2,1-2H3. The van der Waals surface area contributed by atoms with Gasteiger partial charge in [-0.25, -0.2) is 0 Å². The fourth-order valence-electron chi connectivity index (χ4n) is 3.86. The van der Waals surface area contributed by atoms with Gasteiger partial charge in [-0.3, -0.25) is 9.88 Å². The fourth-order valence-corrected chi connectivity index (χ4v) is 3.86. The zero-order valence-electron chi connectivity index (χ0n) is 16.0. The zero-order chi connectivity index (χ0) is 18.2. The summed E-state index contributed by atoms with van der Waals surface area (Å²) in [6.45, 7) is 6.89. The van der Waals surface area contributed by atoms with Gasteiger partial charge in [-0.1, -0.05) is 18.2 Å². The molecule has 0 aliphatic carbocycles. The molecule has 1 aromatic heterocycles. The second-order valence-corrected chi connectivity index (χ2v) is 7.31. The molecule has 2 aromatic rings. The molecule has 3 rings (SSSR count). The van der Waals surface area contributed by atoms with Crippen LogP contribution in [-0.4, -0.2) is 43.3 Å². The van der Waals surface area contributed by atoms with Crippen molar-refractivity contribution in [3.8, 4) is 5.75 Å². The Morgan fingerprint density at radius 2 is 2.08 bits per heavy atom. The highest BCUT2D eigenvalue weighted by Gasteiger charge is 2.37. The highest BCUT2D eigenvalue weighted by molar-refractivity contribution is 5.28. The molecule has 0 radical (unpaired) electrons. The topological polar surface area (TPSA) is 34.6 Å². The minimum atomic E-state index is 0.237. The van der Waals surface area contributed by atoms with Crippen LogP contribution in [0.25, 0.3) is 0 Å². The molecular formula is C22H30N2O2. The first kappa shape index (κ1) is 18.9. The number of hydrogen-bond acceptors (Lipinski definition) is 4. The van der Waals surface area contributed by atoms with Crippen LogP contribution in [0.2, 0.25) is 0 Å². The second-order valence-electron chi connectivity index (χ2n) is 7.31. The lowest BCUT2D eigenvalue weighted by molar-refractivity contribution is 0.0489. The third kappa shape index (κ3) is 5.05. The summed E-state index contributed by atoms with van der Waals surface area (Å²) in [4.78, 5) is 6.79. The smallest absolute Gasteiger partial charge is 0.119 e.